The molecule has 6 nitrogen and oxygen atoms in total. The van der Waals surface area contributed by atoms with E-state index in [-0.39, 0.29) is 12.5 Å². The molecule has 0 spiro atoms. The fourth-order valence-electron chi connectivity index (χ4n) is 1.81. The fourth-order valence-corrected chi connectivity index (χ4v) is 1.81. The molecular formula is C8H13NO5. The molecule has 0 heterocycles. The minimum Gasteiger partial charge on any atom is -0.481 e. The molecule has 0 radical (unpaired) electrons. The smallest absolute Gasteiger partial charge is 0.320 e. The highest BCUT2D eigenvalue weighted by Gasteiger charge is 2.59. The summed E-state index contributed by atoms with van der Waals surface area (Å²) in [5, 5.41) is 17.4. The molecule has 1 aliphatic rings. The first-order chi connectivity index (χ1) is 6.50. The van der Waals surface area contributed by atoms with Crippen molar-refractivity contribution in [3.05, 3.63) is 0 Å². The second-order valence-electron chi connectivity index (χ2n) is 3.42. The minimum absolute atomic E-state index is 0.239. The van der Waals surface area contributed by atoms with Crippen LogP contribution in [0, 0.1) is 17.8 Å². The van der Waals surface area contributed by atoms with Crippen molar-refractivity contribution >= 4 is 11.9 Å². The van der Waals surface area contributed by atoms with Crippen LogP contribution in [-0.4, -0.2) is 41.9 Å². The Morgan fingerprint density at radius 3 is 2.43 bits per heavy atom. The maximum atomic E-state index is 10.7. The zero-order chi connectivity index (χ0) is 10.9. The molecule has 3 unspecified atom stereocenters. The van der Waals surface area contributed by atoms with Gasteiger partial charge >= 0.3 is 11.9 Å². The summed E-state index contributed by atoms with van der Waals surface area (Å²) in [4.78, 5) is 21.2. The molecule has 0 amide bonds. The third-order valence-electron chi connectivity index (χ3n) is 2.57. The van der Waals surface area contributed by atoms with Gasteiger partial charge in [-0.05, 0) is 0 Å². The summed E-state index contributed by atoms with van der Waals surface area (Å²) in [6.07, 6.45) is 0. The van der Waals surface area contributed by atoms with Gasteiger partial charge in [0.05, 0.1) is 12.5 Å². The number of nitrogens with two attached hydrogens (primary N) is 1. The van der Waals surface area contributed by atoms with E-state index in [0.29, 0.717) is 0 Å². The first-order valence-corrected chi connectivity index (χ1v) is 4.20. The number of aliphatic carboxylic acids is 2. The lowest BCUT2D eigenvalue weighted by atomic mass is 10.1. The molecule has 1 saturated carbocycles. The zero-order valence-electron chi connectivity index (χ0n) is 7.71. The Bertz CT molecular complexity index is 254. The van der Waals surface area contributed by atoms with Crippen LogP contribution in [-0.2, 0) is 14.3 Å². The number of hydrogen-bond donors (Lipinski definition) is 3. The van der Waals surface area contributed by atoms with Crippen LogP contribution >= 0.6 is 0 Å². The van der Waals surface area contributed by atoms with E-state index < -0.39 is 29.8 Å². The Morgan fingerprint density at radius 1 is 1.50 bits per heavy atom. The molecule has 0 aromatic heterocycles. The van der Waals surface area contributed by atoms with Gasteiger partial charge in [0.15, 0.2) is 0 Å². The van der Waals surface area contributed by atoms with Crippen LogP contribution in [0.4, 0.5) is 0 Å². The van der Waals surface area contributed by atoms with Gasteiger partial charge in [0.2, 0.25) is 0 Å². The summed E-state index contributed by atoms with van der Waals surface area (Å²) in [5.41, 5.74) is 5.35. The van der Waals surface area contributed by atoms with Crippen LogP contribution in [0.15, 0.2) is 0 Å². The molecule has 80 valence electrons. The van der Waals surface area contributed by atoms with Gasteiger partial charge < -0.3 is 20.7 Å². The number of rotatable bonds is 5. The quantitative estimate of drug-likeness (QED) is 0.528. The number of carboxylic acids is 2. The number of ether oxygens (including phenoxy) is 1. The lowest BCUT2D eigenvalue weighted by Crippen LogP contribution is -2.34. The van der Waals surface area contributed by atoms with Gasteiger partial charge in [0.25, 0.3) is 0 Å². The molecule has 4 N–H and O–H groups in total. The standard InChI is InChI=1S/C8H13NO5/c1-14-2-3-4(5(3)7(10)11)6(9)8(12)13/h3-6H,2,9H2,1H3,(H,10,11)(H,12,13)/t3?,4?,5?,6-/m1/s1. The van der Waals surface area contributed by atoms with Crippen molar-refractivity contribution in [2.75, 3.05) is 13.7 Å². The van der Waals surface area contributed by atoms with Crippen LogP contribution in [0.3, 0.4) is 0 Å². The highest BCUT2D eigenvalue weighted by molar-refractivity contribution is 5.80. The molecule has 0 aromatic carbocycles. The Morgan fingerprint density at radius 2 is 2.07 bits per heavy atom. The van der Waals surface area contributed by atoms with E-state index in [0.717, 1.165) is 0 Å². The number of methoxy groups -OCH3 is 1. The summed E-state index contributed by atoms with van der Waals surface area (Å²) in [5.74, 6) is -3.64. The largest absolute Gasteiger partial charge is 0.481 e. The van der Waals surface area contributed by atoms with Gasteiger partial charge in [-0.25, -0.2) is 0 Å². The summed E-state index contributed by atoms with van der Waals surface area (Å²) >= 11 is 0. The average molecular weight is 203 g/mol. The van der Waals surface area contributed by atoms with Crippen LogP contribution in [0.2, 0.25) is 0 Å². The zero-order valence-corrected chi connectivity index (χ0v) is 7.71. The molecule has 1 aliphatic carbocycles. The predicted molar refractivity (Wildman–Crippen MR) is 45.6 cm³/mol. The lowest BCUT2D eigenvalue weighted by molar-refractivity contribution is -0.140. The van der Waals surface area contributed by atoms with Gasteiger partial charge in [-0.3, -0.25) is 9.59 Å². The van der Waals surface area contributed by atoms with E-state index in [2.05, 4.69) is 0 Å². The van der Waals surface area contributed by atoms with Crippen molar-refractivity contribution in [3.8, 4) is 0 Å². The van der Waals surface area contributed by atoms with E-state index in [4.69, 9.17) is 20.7 Å². The predicted octanol–water partition coefficient (Wildman–Crippen LogP) is -1.01. The van der Waals surface area contributed by atoms with Crippen molar-refractivity contribution in [2.45, 2.75) is 6.04 Å². The van der Waals surface area contributed by atoms with Crippen LogP contribution in [0.25, 0.3) is 0 Å². The van der Waals surface area contributed by atoms with E-state index >= 15 is 0 Å². The summed E-state index contributed by atoms with van der Waals surface area (Å²) in [7, 11) is 1.45. The summed E-state index contributed by atoms with van der Waals surface area (Å²) < 4.78 is 4.79. The molecule has 0 aromatic rings. The third-order valence-corrected chi connectivity index (χ3v) is 2.57. The molecule has 0 saturated heterocycles. The molecular weight excluding hydrogens is 190 g/mol. The molecule has 14 heavy (non-hydrogen) atoms. The van der Waals surface area contributed by atoms with E-state index in [9.17, 15) is 9.59 Å². The lowest BCUT2D eigenvalue weighted by Gasteiger charge is -2.03. The fraction of sp³-hybridized carbons (Fsp3) is 0.750. The maximum absolute atomic E-state index is 10.7. The normalized spacial score (nSPS) is 32.3. The van der Waals surface area contributed by atoms with Gasteiger partial charge in [-0.1, -0.05) is 0 Å². The van der Waals surface area contributed by atoms with Crippen molar-refractivity contribution in [1.82, 2.24) is 0 Å². The van der Waals surface area contributed by atoms with Crippen molar-refractivity contribution in [1.29, 1.82) is 0 Å². The average Bonchev–Trinajstić information content (AvgIpc) is 2.78. The number of carboxylic acid groups (broad SMARTS) is 2. The van der Waals surface area contributed by atoms with Gasteiger partial charge in [-0.2, -0.15) is 0 Å². The van der Waals surface area contributed by atoms with Gasteiger partial charge in [0, 0.05) is 18.9 Å². The SMILES string of the molecule is COCC1C(C(=O)O)C1[C@@H](N)C(=O)O. The topological polar surface area (TPSA) is 110 Å². The van der Waals surface area contributed by atoms with E-state index in [1.807, 2.05) is 0 Å². The Labute approximate surface area is 80.7 Å². The minimum atomic E-state index is -1.17. The molecule has 4 atom stereocenters. The third kappa shape index (κ3) is 1.85. The summed E-state index contributed by atoms with van der Waals surface area (Å²) in [6.45, 7) is 0.239. The first kappa shape index (κ1) is 10.9. The van der Waals surface area contributed by atoms with Crippen LogP contribution in [0.1, 0.15) is 0 Å². The Kier molecular flexibility index (Phi) is 3.07. The monoisotopic (exact) mass is 203 g/mol. The van der Waals surface area contributed by atoms with Crippen LogP contribution in [0.5, 0.6) is 0 Å². The molecule has 6 heteroatoms. The van der Waals surface area contributed by atoms with Crippen molar-refractivity contribution in [3.63, 3.8) is 0 Å². The Hall–Kier alpha value is -1.14. The summed E-state index contributed by atoms with van der Waals surface area (Å²) in [6, 6.07) is -1.11. The van der Waals surface area contributed by atoms with Crippen LogP contribution < -0.4 is 5.73 Å². The highest BCUT2D eigenvalue weighted by Crippen LogP contribution is 2.48. The van der Waals surface area contributed by atoms with E-state index in [1.165, 1.54) is 7.11 Å². The molecule has 1 rings (SSSR count). The number of carbonyl (C=O) groups is 2. The maximum Gasteiger partial charge on any atom is 0.320 e. The molecule has 1 fully saturated rings. The van der Waals surface area contributed by atoms with E-state index in [1.54, 1.807) is 0 Å². The molecule has 0 bridgehead atoms. The van der Waals surface area contributed by atoms with Gasteiger partial charge in [0.1, 0.15) is 6.04 Å². The van der Waals surface area contributed by atoms with Crippen molar-refractivity contribution < 1.29 is 24.5 Å². The Balaban J connectivity index is 2.62. The molecule has 0 aliphatic heterocycles. The highest BCUT2D eigenvalue weighted by atomic mass is 16.5. The van der Waals surface area contributed by atoms with Crippen molar-refractivity contribution in [2.24, 2.45) is 23.5 Å². The second-order valence-corrected chi connectivity index (χ2v) is 3.42. The van der Waals surface area contributed by atoms with Gasteiger partial charge in [-0.15, -0.1) is 0 Å². The number of hydrogen-bond acceptors (Lipinski definition) is 4. The second kappa shape index (κ2) is 3.93. The first-order valence-electron chi connectivity index (χ1n) is 4.20.